The summed E-state index contributed by atoms with van der Waals surface area (Å²) in [4.78, 5) is 13.6. The number of ether oxygens (including phenoxy) is 1. The van der Waals surface area contributed by atoms with Gasteiger partial charge in [0.05, 0.1) is 5.69 Å². The van der Waals surface area contributed by atoms with Crippen molar-refractivity contribution in [3.05, 3.63) is 53.6 Å². The second-order valence-corrected chi connectivity index (χ2v) is 6.32. The number of thioether (sulfide) groups is 1. The van der Waals surface area contributed by atoms with Gasteiger partial charge in [-0.2, -0.15) is 0 Å². The molecule has 0 heterocycles. The molecule has 0 aromatic heterocycles. The second-order valence-electron chi connectivity index (χ2n) is 5.47. The largest absolute Gasteiger partial charge is 0.480 e. The lowest BCUT2D eigenvalue weighted by molar-refractivity contribution is -0.122. The van der Waals surface area contributed by atoms with Crippen LogP contribution >= 0.6 is 11.8 Å². The molecule has 23 heavy (non-hydrogen) atoms. The first-order valence-corrected chi connectivity index (χ1v) is 8.95. The van der Waals surface area contributed by atoms with Gasteiger partial charge in [0.25, 0.3) is 5.91 Å². The monoisotopic (exact) mass is 329 g/mol. The van der Waals surface area contributed by atoms with E-state index in [0.717, 1.165) is 21.9 Å². The average molecular weight is 329 g/mol. The summed E-state index contributed by atoms with van der Waals surface area (Å²) in [5, 5.41) is 2.98. The van der Waals surface area contributed by atoms with E-state index < -0.39 is 6.10 Å². The number of carbonyl (C=O) groups excluding carboxylic acids is 1. The highest BCUT2D eigenvalue weighted by atomic mass is 32.2. The van der Waals surface area contributed by atoms with Gasteiger partial charge in [-0.15, -0.1) is 11.8 Å². The summed E-state index contributed by atoms with van der Waals surface area (Å²) >= 11 is 1.61. The zero-order valence-electron chi connectivity index (χ0n) is 14.1. The molecule has 0 aliphatic rings. The minimum atomic E-state index is -0.508. The molecule has 1 N–H and O–H groups in total. The van der Waals surface area contributed by atoms with Crippen molar-refractivity contribution in [2.75, 3.05) is 11.6 Å². The number of rotatable bonds is 6. The van der Waals surface area contributed by atoms with E-state index in [0.29, 0.717) is 6.42 Å². The highest BCUT2D eigenvalue weighted by Crippen LogP contribution is 2.26. The van der Waals surface area contributed by atoms with Crippen molar-refractivity contribution in [3.63, 3.8) is 0 Å². The Labute approximate surface area is 142 Å². The fourth-order valence-electron chi connectivity index (χ4n) is 2.37. The Morgan fingerprint density at radius 1 is 1.22 bits per heavy atom. The van der Waals surface area contributed by atoms with Crippen LogP contribution in [-0.2, 0) is 4.79 Å². The fraction of sp³-hybridized carbons (Fsp3) is 0.316. The second kappa shape index (κ2) is 8.06. The van der Waals surface area contributed by atoms with Gasteiger partial charge < -0.3 is 10.1 Å². The van der Waals surface area contributed by atoms with Crippen LogP contribution in [-0.4, -0.2) is 18.3 Å². The van der Waals surface area contributed by atoms with Gasteiger partial charge in [-0.05, 0) is 50.3 Å². The molecule has 2 aromatic carbocycles. The zero-order valence-corrected chi connectivity index (χ0v) is 14.9. The van der Waals surface area contributed by atoms with Gasteiger partial charge in [-0.3, -0.25) is 4.79 Å². The van der Waals surface area contributed by atoms with E-state index in [1.165, 1.54) is 5.56 Å². The summed E-state index contributed by atoms with van der Waals surface area (Å²) in [6.07, 6.45) is 2.10. The molecule has 1 atom stereocenters. The lowest BCUT2D eigenvalue weighted by Gasteiger charge is -2.19. The fourth-order valence-corrected chi connectivity index (χ4v) is 2.92. The molecular weight excluding hydrogens is 306 g/mol. The van der Waals surface area contributed by atoms with Gasteiger partial charge in [-0.25, -0.2) is 0 Å². The predicted molar refractivity (Wildman–Crippen MR) is 97.5 cm³/mol. The molecule has 0 fully saturated rings. The maximum absolute atomic E-state index is 12.5. The number of anilines is 1. The van der Waals surface area contributed by atoms with Crippen LogP contribution in [0.3, 0.4) is 0 Å². The Morgan fingerprint density at radius 3 is 2.61 bits per heavy atom. The minimum Gasteiger partial charge on any atom is -0.480 e. The van der Waals surface area contributed by atoms with Crippen molar-refractivity contribution in [1.82, 2.24) is 0 Å². The first kappa shape index (κ1) is 17.4. The summed E-state index contributed by atoms with van der Waals surface area (Å²) in [6.45, 7) is 5.99. The predicted octanol–water partition coefficient (Wildman–Crippen LogP) is 4.82. The molecule has 4 heteroatoms. The first-order valence-electron chi connectivity index (χ1n) is 7.73. The van der Waals surface area contributed by atoms with Crippen molar-refractivity contribution < 1.29 is 9.53 Å². The third kappa shape index (κ3) is 4.52. The number of hydrogen-bond acceptors (Lipinski definition) is 3. The van der Waals surface area contributed by atoms with Crippen molar-refractivity contribution in [2.45, 2.75) is 38.2 Å². The maximum atomic E-state index is 12.5. The molecule has 1 amide bonds. The molecule has 0 bridgehead atoms. The number of para-hydroxylation sites is 1. The summed E-state index contributed by atoms with van der Waals surface area (Å²) in [6, 6.07) is 13.8. The molecule has 122 valence electrons. The quantitative estimate of drug-likeness (QED) is 0.772. The van der Waals surface area contributed by atoms with Crippen LogP contribution < -0.4 is 10.1 Å². The molecule has 0 aliphatic heterocycles. The van der Waals surface area contributed by atoms with E-state index in [4.69, 9.17) is 4.74 Å². The number of carbonyl (C=O) groups is 1. The molecule has 0 unspecified atom stereocenters. The molecular formula is C19H23NO2S. The molecule has 0 aliphatic carbocycles. The van der Waals surface area contributed by atoms with E-state index in [-0.39, 0.29) is 5.91 Å². The summed E-state index contributed by atoms with van der Waals surface area (Å²) < 4.78 is 5.94. The van der Waals surface area contributed by atoms with Gasteiger partial charge in [0.2, 0.25) is 0 Å². The Balaban J connectivity index is 2.12. The van der Waals surface area contributed by atoms with Gasteiger partial charge in [0.15, 0.2) is 6.10 Å². The van der Waals surface area contributed by atoms with Gasteiger partial charge in [-0.1, -0.05) is 36.8 Å². The van der Waals surface area contributed by atoms with Crippen LogP contribution in [0.1, 0.15) is 24.5 Å². The molecule has 0 spiro atoms. The Hall–Kier alpha value is -1.94. The summed E-state index contributed by atoms with van der Waals surface area (Å²) in [7, 11) is 0. The van der Waals surface area contributed by atoms with E-state index in [9.17, 15) is 4.79 Å². The number of nitrogens with one attached hydrogen (secondary N) is 1. The van der Waals surface area contributed by atoms with Gasteiger partial charge >= 0.3 is 0 Å². The highest BCUT2D eigenvalue weighted by Gasteiger charge is 2.20. The summed E-state index contributed by atoms with van der Waals surface area (Å²) in [5.41, 5.74) is 3.05. The topological polar surface area (TPSA) is 38.3 Å². The maximum Gasteiger partial charge on any atom is 0.265 e. The smallest absolute Gasteiger partial charge is 0.265 e. The third-order valence-corrected chi connectivity index (χ3v) is 4.42. The van der Waals surface area contributed by atoms with Crippen molar-refractivity contribution >= 4 is 23.4 Å². The standard InChI is InChI=1S/C19H23NO2S/c1-5-16(22-17-11-10-13(2)12-14(17)3)19(21)20-15-8-6-7-9-18(15)23-4/h6-12,16H,5H2,1-4H3,(H,20,21)/t16-/m0/s1. The molecule has 0 saturated heterocycles. The number of amides is 1. The number of benzene rings is 2. The Morgan fingerprint density at radius 2 is 1.96 bits per heavy atom. The normalized spacial score (nSPS) is 11.8. The Kier molecular flexibility index (Phi) is 6.11. The molecule has 3 nitrogen and oxygen atoms in total. The number of hydrogen-bond donors (Lipinski definition) is 1. The van der Waals surface area contributed by atoms with E-state index in [2.05, 4.69) is 11.4 Å². The lowest BCUT2D eigenvalue weighted by atomic mass is 10.1. The van der Waals surface area contributed by atoms with Crippen LogP contribution in [0.15, 0.2) is 47.4 Å². The van der Waals surface area contributed by atoms with Crippen molar-refractivity contribution in [2.24, 2.45) is 0 Å². The van der Waals surface area contributed by atoms with Crippen molar-refractivity contribution in [3.8, 4) is 5.75 Å². The number of aryl methyl sites for hydroxylation is 2. The van der Waals surface area contributed by atoms with Crippen LogP contribution in [0.25, 0.3) is 0 Å². The van der Waals surface area contributed by atoms with Crippen LogP contribution in [0.4, 0.5) is 5.69 Å². The Bertz CT molecular complexity index is 685. The van der Waals surface area contributed by atoms with E-state index in [1.807, 2.05) is 63.4 Å². The third-order valence-electron chi connectivity index (χ3n) is 3.63. The van der Waals surface area contributed by atoms with Gasteiger partial charge in [0, 0.05) is 4.90 Å². The highest BCUT2D eigenvalue weighted by molar-refractivity contribution is 7.98. The molecule has 0 saturated carbocycles. The summed E-state index contributed by atoms with van der Waals surface area (Å²) in [5.74, 6) is 0.643. The van der Waals surface area contributed by atoms with Crippen LogP contribution in [0, 0.1) is 13.8 Å². The van der Waals surface area contributed by atoms with E-state index in [1.54, 1.807) is 11.8 Å². The molecule has 2 rings (SSSR count). The minimum absolute atomic E-state index is 0.117. The molecule has 2 aromatic rings. The first-order chi connectivity index (χ1) is 11.0. The average Bonchev–Trinajstić information content (AvgIpc) is 2.54. The zero-order chi connectivity index (χ0) is 16.8. The van der Waals surface area contributed by atoms with E-state index >= 15 is 0 Å². The SMILES string of the molecule is CC[C@H](Oc1ccc(C)cc1C)C(=O)Nc1ccccc1SC. The molecule has 0 radical (unpaired) electrons. The van der Waals surface area contributed by atoms with Crippen LogP contribution in [0.2, 0.25) is 0 Å². The van der Waals surface area contributed by atoms with Gasteiger partial charge in [0.1, 0.15) is 5.75 Å². The van der Waals surface area contributed by atoms with Crippen LogP contribution in [0.5, 0.6) is 5.75 Å². The lowest BCUT2D eigenvalue weighted by Crippen LogP contribution is -2.32. The van der Waals surface area contributed by atoms with Crippen molar-refractivity contribution in [1.29, 1.82) is 0 Å².